The monoisotopic (exact) mass is 512 g/mol. The van der Waals surface area contributed by atoms with E-state index >= 15 is 0 Å². The van der Waals surface area contributed by atoms with E-state index in [1.54, 1.807) is 14.2 Å². The third-order valence-electron chi connectivity index (χ3n) is 4.07. The molecule has 0 bridgehead atoms. The maximum Gasteiger partial charge on any atom is 0.214 e. The highest BCUT2D eigenvalue weighted by Crippen LogP contribution is 2.27. The Morgan fingerprint density at radius 1 is 1.22 bits per heavy atom. The molecule has 8 nitrogen and oxygen atoms in total. The zero-order valence-electron chi connectivity index (χ0n) is 16.0. The first-order valence-corrected chi connectivity index (χ1v) is 10.3. The van der Waals surface area contributed by atoms with Gasteiger partial charge in [0.15, 0.2) is 17.5 Å². The molecule has 1 saturated heterocycles. The summed E-state index contributed by atoms with van der Waals surface area (Å²) in [7, 11) is 0.141. The number of hydrogen-bond donors (Lipinski definition) is 2. The lowest BCUT2D eigenvalue weighted by Crippen LogP contribution is -2.42. The summed E-state index contributed by atoms with van der Waals surface area (Å²) in [5, 5.41) is 6.35. The molecule has 0 spiro atoms. The molecule has 0 radical (unpaired) electrons. The van der Waals surface area contributed by atoms with Crippen molar-refractivity contribution in [3.63, 3.8) is 0 Å². The number of nitrogens with zero attached hydrogens (tertiary/aromatic N) is 2. The minimum absolute atomic E-state index is 0. The number of benzene rings is 1. The molecule has 1 aliphatic rings. The fourth-order valence-electron chi connectivity index (χ4n) is 2.73. The van der Waals surface area contributed by atoms with E-state index in [1.165, 1.54) is 4.31 Å². The maximum absolute atomic E-state index is 11.8. The summed E-state index contributed by atoms with van der Waals surface area (Å²) < 4.78 is 35.7. The zero-order chi connectivity index (χ0) is 19.0. The van der Waals surface area contributed by atoms with Gasteiger partial charge in [-0.05, 0) is 31.0 Å². The third-order valence-corrected chi connectivity index (χ3v) is 6.03. The molecule has 2 rings (SSSR count). The summed E-state index contributed by atoms with van der Waals surface area (Å²) >= 11 is 0. The van der Waals surface area contributed by atoms with Crippen LogP contribution in [0.5, 0.6) is 11.5 Å². The van der Waals surface area contributed by atoms with Crippen LogP contribution >= 0.6 is 24.0 Å². The third kappa shape index (κ3) is 7.00. The van der Waals surface area contributed by atoms with Crippen molar-refractivity contribution >= 4 is 40.0 Å². The van der Waals surface area contributed by atoms with Gasteiger partial charge in [-0.1, -0.05) is 6.07 Å². The fourth-order valence-corrected chi connectivity index (χ4v) is 4.26. The summed E-state index contributed by atoms with van der Waals surface area (Å²) in [5.74, 6) is 2.24. The second-order valence-electron chi connectivity index (χ2n) is 5.88. The van der Waals surface area contributed by atoms with Gasteiger partial charge in [0.05, 0.1) is 26.5 Å². The van der Waals surface area contributed by atoms with Gasteiger partial charge in [0.2, 0.25) is 10.0 Å². The number of rotatable bonds is 8. The van der Waals surface area contributed by atoms with E-state index in [-0.39, 0.29) is 29.7 Å². The highest BCUT2D eigenvalue weighted by Gasteiger charge is 2.27. The molecule has 10 heteroatoms. The minimum atomic E-state index is -3.06. The maximum atomic E-state index is 11.8. The Bertz CT molecular complexity index is 728. The van der Waals surface area contributed by atoms with Crippen molar-refractivity contribution in [1.29, 1.82) is 0 Å². The molecular weight excluding hydrogens is 483 g/mol. The van der Waals surface area contributed by atoms with Crippen LogP contribution in [0.4, 0.5) is 0 Å². The first-order chi connectivity index (χ1) is 12.5. The largest absolute Gasteiger partial charge is 0.493 e. The molecule has 1 fully saturated rings. The van der Waals surface area contributed by atoms with Gasteiger partial charge in [0.25, 0.3) is 0 Å². The summed E-state index contributed by atoms with van der Waals surface area (Å²) in [6, 6.07) is 5.68. The SMILES string of the molecule is CCNC(=NCc1ccc(OC)c(OC)c1)NCCN1CCCS1(=O)=O.I. The predicted octanol–water partition coefficient (Wildman–Crippen LogP) is 1.41. The van der Waals surface area contributed by atoms with Crippen LogP contribution in [0.3, 0.4) is 0 Å². The smallest absolute Gasteiger partial charge is 0.214 e. The number of hydrogen-bond acceptors (Lipinski definition) is 5. The van der Waals surface area contributed by atoms with Gasteiger partial charge in [-0.3, -0.25) is 0 Å². The first-order valence-electron chi connectivity index (χ1n) is 8.71. The van der Waals surface area contributed by atoms with Gasteiger partial charge < -0.3 is 20.1 Å². The Kier molecular flexibility index (Phi) is 10.2. The lowest BCUT2D eigenvalue weighted by molar-refractivity contribution is 0.354. The van der Waals surface area contributed by atoms with E-state index in [1.807, 2.05) is 25.1 Å². The van der Waals surface area contributed by atoms with Gasteiger partial charge in [-0.25, -0.2) is 17.7 Å². The summed E-state index contributed by atoms with van der Waals surface area (Å²) in [6.45, 7) is 4.74. The van der Waals surface area contributed by atoms with Gasteiger partial charge in [-0.2, -0.15) is 0 Å². The Hall–Kier alpha value is -1.27. The van der Waals surface area contributed by atoms with Crippen LogP contribution in [-0.4, -0.2) is 64.8 Å². The van der Waals surface area contributed by atoms with Crippen LogP contribution in [0.25, 0.3) is 0 Å². The van der Waals surface area contributed by atoms with Crippen molar-refractivity contribution in [1.82, 2.24) is 14.9 Å². The van der Waals surface area contributed by atoms with Crippen molar-refractivity contribution < 1.29 is 17.9 Å². The average Bonchev–Trinajstić information content (AvgIpc) is 2.97. The lowest BCUT2D eigenvalue weighted by atomic mass is 10.2. The summed E-state index contributed by atoms with van der Waals surface area (Å²) in [6.07, 6.45) is 0.704. The molecule has 154 valence electrons. The van der Waals surface area contributed by atoms with E-state index in [2.05, 4.69) is 15.6 Å². The van der Waals surface area contributed by atoms with Gasteiger partial charge >= 0.3 is 0 Å². The van der Waals surface area contributed by atoms with Crippen LogP contribution < -0.4 is 20.1 Å². The van der Waals surface area contributed by atoms with E-state index < -0.39 is 10.0 Å². The van der Waals surface area contributed by atoms with E-state index in [9.17, 15) is 8.42 Å². The highest BCUT2D eigenvalue weighted by atomic mass is 127. The standard InChI is InChI=1S/C17H28N4O4S.HI/c1-4-18-17(19-8-10-21-9-5-11-26(21,22)23)20-13-14-6-7-15(24-2)16(12-14)25-3;/h6-7,12H,4-5,8-11,13H2,1-3H3,(H2,18,19,20);1H. The van der Waals surface area contributed by atoms with Crippen LogP contribution in [0.2, 0.25) is 0 Å². The van der Waals surface area contributed by atoms with Crippen molar-refractivity contribution in [3.05, 3.63) is 23.8 Å². The Morgan fingerprint density at radius 2 is 1.96 bits per heavy atom. The van der Waals surface area contributed by atoms with Crippen LogP contribution in [0, 0.1) is 0 Å². The molecule has 2 N–H and O–H groups in total. The molecule has 0 atom stereocenters. The van der Waals surface area contributed by atoms with Gasteiger partial charge in [0.1, 0.15) is 0 Å². The van der Waals surface area contributed by atoms with Crippen LogP contribution in [0.15, 0.2) is 23.2 Å². The summed E-state index contributed by atoms with van der Waals surface area (Å²) in [4.78, 5) is 4.55. The first kappa shape index (κ1) is 23.8. The molecule has 0 aromatic heterocycles. The zero-order valence-corrected chi connectivity index (χ0v) is 19.2. The molecule has 0 amide bonds. The number of guanidine groups is 1. The van der Waals surface area contributed by atoms with Crippen LogP contribution in [-0.2, 0) is 16.6 Å². The van der Waals surface area contributed by atoms with E-state index in [4.69, 9.17) is 9.47 Å². The second kappa shape index (κ2) is 11.5. The Balaban J connectivity index is 0.00000364. The van der Waals surface area contributed by atoms with Gasteiger partial charge in [-0.15, -0.1) is 24.0 Å². The van der Waals surface area contributed by atoms with Crippen LogP contribution in [0.1, 0.15) is 18.9 Å². The number of nitrogens with one attached hydrogen (secondary N) is 2. The minimum Gasteiger partial charge on any atom is -0.493 e. The van der Waals surface area contributed by atoms with Gasteiger partial charge in [0, 0.05) is 26.2 Å². The number of methoxy groups -OCH3 is 2. The summed E-state index contributed by atoms with van der Waals surface area (Å²) in [5.41, 5.74) is 0.988. The molecule has 1 aromatic carbocycles. The number of halogens is 1. The normalized spacial score (nSPS) is 16.5. The molecule has 1 aliphatic heterocycles. The number of sulfonamides is 1. The topological polar surface area (TPSA) is 92.3 Å². The quantitative estimate of drug-likeness (QED) is 0.311. The fraction of sp³-hybridized carbons (Fsp3) is 0.588. The molecule has 1 aromatic rings. The second-order valence-corrected chi connectivity index (χ2v) is 7.97. The molecule has 0 saturated carbocycles. The van der Waals surface area contributed by atoms with Crippen molar-refractivity contribution in [3.8, 4) is 11.5 Å². The number of aliphatic imine (C=N–C) groups is 1. The predicted molar refractivity (Wildman–Crippen MR) is 118 cm³/mol. The van der Waals surface area contributed by atoms with E-state index in [0.29, 0.717) is 50.1 Å². The highest BCUT2D eigenvalue weighted by molar-refractivity contribution is 14.0. The van der Waals surface area contributed by atoms with Crippen molar-refractivity contribution in [2.45, 2.75) is 19.9 Å². The van der Waals surface area contributed by atoms with Crippen molar-refractivity contribution in [2.75, 3.05) is 46.2 Å². The van der Waals surface area contributed by atoms with Crippen molar-refractivity contribution in [2.24, 2.45) is 4.99 Å². The molecule has 1 heterocycles. The molecular formula is C17H29IN4O4S. The molecule has 27 heavy (non-hydrogen) atoms. The Labute approximate surface area is 178 Å². The number of ether oxygens (including phenoxy) is 2. The molecule has 0 aliphatic carbocycles. The lowest BCUT2D eigenvalue weighted by Gasteiger charge is -2.16. The molecule has 0 unspecified atom stereocenters. The average molecular weight is 512 g/mol. The Morgan fingerprint density at radius 3 is 2.56 bits per heavy atom. The van der Waals surface area contributed by atoms with E-state index in [0.717, 1.165) is 12.1 Å².